The second-order valence-electron chi connectivity index (χ2n) is 9.23. The Hall–Kier alpha value is -5.32. The highest BCUT2D eigenvalue weighted by Crippen LogP contribution is 2.28. The van der Waals surface area contributed by atoms with E-state index in [4.69, 9.17) is 10.8 Å². The maximum absolute atomic E-state index is 12.4. The molecule has 40 heavy (non-hydrogen) atoms. The molecule has 204 valence electrons. The third-order valence-corrected chi connectivity index (χ3v) is 6.05. The maximum atomic E-state index is 12.4. The lowest BCUT2D eigenvalue weighted by Gasteiger charge is -2.11. The highest BCUT2D eigenvalue weighted by atomic mass is 16.4. The van der Waals surface area contributed by atoms with Gasteiger partial charge in [0.25, 0.3) is 5.91 Å². The number of aryl methyl sites for hydroxylation is 1. The lowest BCUT2D eigenvalue weighted by Crippen LogP contribution is -2.23. The first-order valence-electron chi connectivity index (χ1n) is 12.4. The number of carbonyl (C=O) groups excluding carboxylic acids is 2. The fourth-order valence-corrected chi connectivity index (χ4v) is 3.99. The number of nitrogen functional groups attached to an aromatic ring is 1. The average Bonchev–Trinajstić information content (AvgIpc) is 2.95. The predicted octanol–water partition coefficient (Wildman–Crippen LogP) is 3.83. The van der Waals surface area contributed by atoms with Crippen molar-refractivity contribution in [1.82, 2.24) is 25.2 Å². The van der Waals surface area contributed by atoms with Crippen molar-refractivity contribution in [3.8, 4) is 22.4 Å². The Morgan fingerprint density at radius 2 is 1.77 bits per heavy atom. The number of hydrogen-bond acceptors (Lipinski definition) is 7. The van der Waals surface area contributed by atoms with Crippen LogP contribution in [0.15, 0.2) is 73.2 Å². The number of rotatable bonds is 9. The quantitative estimate of drug-likeness (QED) is 0.249. The molecule has 11 heteroatoms. The van der Waals surface area contributed by atoms with Gasteiger partial charge in [-0.1, -0.05) is 12.1 Å². The van der Waals surface area contributed by atoms with Crippen LogP contribution < -0.4 is 16.4 Å². The van der Waals surface area contributed by atoms with Gasteiger partial charge in [-0.05, 0) is 60.0 Å². The fourth-order valence-electron chi connectivity index (χ4n) is 3.99. The molecule has 4 aromatic rings. The highest BCUT2D eigenvalue weighted by Gasteiger charge is 2.13. The van der Waals surface area contributed by atoms with Crippen molar-refractivity contribution in [3.05, 3.63) is 90.0 Å². The lowest BCUT2D eigenvalue weighted by atomic mass is 10.0. The van der Waals surface area contributed by atoms with Crippen LogP contribution in [0.4, 0.5) is 16.3 Å². The summed E-state index contributed by atoms with van der Waals surface area (Å²) in [7, 11) is 3.36. The van der Waals surface area contributed by atoms with Crippen LogP contribution in [0.5, 0.6) is 0 Å². The fraction of sp³-hybridized carbons (Fsp3) is 0.172. The number of carbonyl (C=O) groups is 3. The molecule has 0 aliphatic carbocycles. The van der Waals surface area contributed by atoms with E-state index in [1.807, 2.05) is 24.3 Å². The van der Waals surface area contributed by atoms with Crippen LogP contribution in [0, 0.1) is 0 Å². The van der Waals surface area contributed by atoms with E-state index in [0.29, 0.717) is 40.4 Å². The molecule has 0 radical (unpaired) electrons. The van der Waals surface area contributed by atoms with Crippen molar-refractivity contribution >= 4 is 29.4 Å². The van der Waals surface area contributed by atoms with Crippen LogP contribution in [-0.4, -0.2) is 57.0 Å². The summed E-state index contributed by atoms with van der Waals surface area (Å²) >= 11 is 0. The third kappa shape index (κ3) is 7.16. The standard InChI is InChI=1S/C29H29N7O4/c1-36(2)28(38)20-7-8-25(32-15-20)24-14-21(16-34-27(24)30)19-10-11-31-23(13-19)17-33-26(37)9-6-18-4-3-5-22(12-18)35-29(39)40/h3-5,7-8,10-16,35H,6,9,17H2,1-2H3,(H2,30,34)(H,33,37)(H,39,40). The van der Waals surface area contributed by atoms with Gasteiger partial charge in [-0.3, -0.25) is 24.9 Å². The molecule has 4 rings (SSSR count). The van der Waals surface area contributed by atoms with Gasteiger partial charge in [0, 0.05) is 55.9 Å². The van der Waals surface area contributed by atoms with Crippen molar-refractivity contribution < 1.29 is 19.5 Å². The van der Waals surface area contributed by atoms with Gasteiger partial charge >= 0.3 is 6.09 Å². The number of anilines is 2. The molecular formula is C29H29N7O4. The molecular weight excluding hydrogens is 510 g/mol. The summed E-state index contributed by atoms with van der Waals surface area (Å²) in [6.07, 6.45) is 4.40. The predicted molar refractivity (Wildman–Crippen MR) is 151 cm³/mol. The molecule has 0 fully saturated rings. The summed E-state index contributed by atoms with van der Waals surface area (Å²) < 4.78 is 0. The lowest BCUT2D eigenvalue weighted by molar-refractivity contribution is -0.121. The molecule has 0 bridgehead atoms. The summed E-state index contributed by atoms with van der Waals surface area (Å²) in [6.45, 7) is 0.242. The monoisotopic (exact) mass is 539 g/mol. The van der Waals surface area contributed by atoms with Gasteiger partial charge in [-0.2, -0.15) is 0 Å². The first-order valence-corrected chi connectivity index (χ1v) is 12.4. The molecule has 3 heterocycles. The minimum atomic E-state index is -1.14. The Morgan fingerprint density at radius 3 is 2.50 bits per heavy atom. The Bertz CT molecular complexity index is 1540. The molecule has 0 saturated carbocycles. The van der Waals surface area contributed by atoms with Crippen molar-refractivity contribution in [2.75, 3.05) is 25.1 Å². The van der Waals surface area contributed by atoms with E-state index in [2.05, 4.69) is 25.6 Å². The van der Waals surface area contributed by atoms with Crippen molar-refractivity contribution in [2.24, 2.45) is 0 Å². The summed E-state index contributed by atoms with van der Waals surface area (Å²) in [5, 5.41) is 14.0. The van der Waals surface area contributed by atoms with Gasteiger partial charge in [0.1, 0.15) is 5.82 Å². The number of benzene rings is 1. The van der Waals surface area contributed by atoms with Crippen LogP contribution in [-0.2, 0) is 17.8 Å². The Kier molecular flexibility index (Phi) is 8.65. The van der Waals surface area contributed by atoms with E-state index in [1.165, 1.54) is 11.1 Å². The minimum Gasteiger partial charge on any atom is -0.465 e. The first-order chi connectivity index (χ1) is 19.2. The minimum absolute atomic E-state index is 0.141. The number of aromatic nitrogens is 3. The van der Waals surface area contributed by atoms with Crippen LogP contribution in [0.1, 0.15) is 28.0 Å². The zero-order valence-corrected chi connectivity index (χ0v) is 22.1. The van der Waals surface area contributed by atoms with Crippen LogP contribution in [0.3, 0.4) is 0 Å². The summed E-state index contributed by atoms with van der Waals surface area (Å²) in [5.74, 6) is 0.0220. The molecule has 0 aliphatic heterocycles. The molecule has 1 aromatic carbocycles. The van der Waals surface area contributed by atoms with E-state index in [9.17, 15) is 14.4 Å². The van der Waals surface area contributed by atoms with Crippen molar-refractivity contribution in [3.63, 3.8) is 0 Å². The average molecular weight is 540 g/mol. The highest BCUT2D eigenvalue weighted by molar-refractivity contribution is 5.94. The smallest absolute Gasteiger partial charge is 0.409 e. The van der Waals surface area contributed by atoms with Crippen LogP contribution >= 0.6 is 0 Å². The Morgan fingerprint density at radius 1 is 0.950 bits per heavy atom. The molecule has 0 spiro atoms. The molecule has 0 aliphatic rings. The zero-order chi connectivity index (χ0) is 28.6. The maximum Gasteiger partial charge on any atom is 0.409 e. The van der Waals surface area contributed by atoms with E-state index in [-0.39, 0.29) is 24.8 Å². The van der Waals surface area contributed by atoms with E-state index in [1.54, 1.807) is 56.8 Å². The van der Waals surface area contributed by atoms with E-state index >= 15 is 0 Å². The van der Waals surface area contributed by atoms with Crippen molar-refractivity contribution in [2.45, 2.75) is 19.4 Å². The zero-order valence-electron chi connectivity index (χ0n) is 22.1. The van der Waals surface area contributed by atoms with Crippen molar-refractivity contribution in [1.29, 1.82) is 0 Å². The molecule has 0 saturated heterocycles. The van der Waals surface area contributed by atoms with Crippen LogP contribution in [0.2, 0.25) is 0 Å². The first kappa shape index (κ1) is 27.7. The second kappa shape index (κ2) is 12.5. The van der Waals surface area contributed by atoms with Gasteiger partial charge in [-0.15, -0.1) is 0 Å². The summed E-state index contributed by atoms with van der Waals surface area (Å²) in [6, 6.07) is 16.0. The Labute approximate surface area is 231 Å². The van der Waals surface area contributed by atoms with Gasteiger partial charge < -0.3 is 21.1 Å². The largest absolute Gasteiger partial charge is 0.465 e. The normalized spacial score (nSPS) is 10.6. The van der Waals surface area contributed by atoms with Gasteiger partial charge in [-0.25, -0.2) is 9.78 Å². The molecule has 11 nitrogen and oxygen atoms in total. The number of hydrogen-bond donors (Lipinski definition) is 4. The molecule has 5 N–H and O–H groups in total. The van der Waals surface area contributed by atoms with Gasteiger partial charge in [0.15, 0.2) is 0 Å². The number of nitrogens with zero attached hydrogens (tertiary/aromatic N) is 4. The number of amides is 3. The number of nitrogens with two attached hydrogens (primary N) is 1. The molecule has 0 unspecified atom stereocenters. The summed E-state index contributed by atoms with van der Waals surface area (Å²) in [5.41, 5.74) is 11.5. The van der Waals surface area contributed by atoms with Gasteiger partial charge in [0.05, 0.1) is 23.5 Å². The Balaban J connectivity index is 1.40. The third-order valence-electron chi connectivity index (χ3n) is 6.05. The number of nitrogens with one attached hydrogen (secondary N) is 2. The van der Waals surface area contributed by atoms with E-state index < -0.39 is 6.09 Å². The molecule has 3 amide bonds. The topological polar surface area (TPSA) is 163 Å². The number of carboxylic acid groups (broad SMARTS) is 1. The molecule has 0 atom stereocenters. The van der Waals surface area contributed by atoms with E-state index in [0.717, 1.165) is 16.7 Å². The van der Waals surface area contributed by atoms with Gasteiger partial charge in [0.2, 0.25) is 5.91 Å². The summed E-state index contributed by atoms with van der Waals surface area (Å²) in [4.78, 5) is 50.0. The number of pyridine rings is 3. The SMILES string of the molecule is CN(C)C(=O)c1ccc(-c2cc(-c3ccnc(CNC(=O)CCc4cccc(NC(=O)O)c4)c3)cnc2N)nc1. The van der Waals surface area contributed by atoms with Crippen LogP contribution in [0.25, 0.3) is 22.4 Å². The molecule has 3 aromatic heterocycles. The second-order valence-corrected chi connectivity index (χ2v) is 9.23.